The molecule has 11 rings (SSSR count). The second kappa shape index (κ2) is 13.1. The minimum atomic E-state index is 0.0259. The van der Waals surface area contributed by atoms with Gasteiger partial charge < -0.3 is 9.47 Å². The van der Waals surface area contributed by atoms with Crippen LogP contribution in [0.2, 0.25) is 0 Å². The fourth-order valence-corrected chi connectivity index (χ4v) is 9.82. The van der Waals surface area contributed by atoms with E-state index in [1.807, 2.05) is 0 Å². The number of aromatic nitrogens is 1. The predicted molar refractivity (Wildman–Crippen MR) is 241 cm³/mol. The lowest BCUT2D eigenvalue weighted by atomic mass is 9.74. The van der Waals surface area contributed by atoms with Crippen LogP contribution in [0.25, 0.3) is 60.5 Å². The first-order valence-corrected chi connectivity index (χ1v) is 20.1. The molecule has 0 bridgehead atoms. The molecule has 2 heteroatoms. The van der Waals surface area contributed by atoms with Gasteiger partial charge in [-0.2, -0.15) is 0 Å². The van der Waals surface area contributed by atoms with E-state index >= 15 is 0 Å². The maximum atomic E-state index is 2.47. The summed E-state index contributed by atoms with van der Waals surface area (Å²) in [4.78, 5) is 2.47. The lowest BCUT2D eigenvalue weighted by Gasteiger charge is -2.30. The van der Waals surface area contributed by atoms with Crippen molar-refractivity contribution in [2.45, 2.75) is 25.2 Å². The Bertz CT molecular complexity index is 2980. The van der Waals surface area contributed by atoms with Gasteiger partial charge >= 0.3 is 0 Å². The van der Waals surface area contributed by atoms with Gasteiger partial charge in [0.25, 0.3) is 0 Å². The van der Waals surface area contributed by atoms with Crippen LogP contribution in [0.4, 0.5) is 17.1 Å². The van der Waals surface area contributed by atoms with Crippen LogP contribution in [0.1, 0.15) is 30.9 Å². The van der Waals surface area contributed by atoms with Crippen LogP contribution >= 0.6 is 0 Å². The van der Waals surface area contributed by atoms with Crippen molar-refractivity contribution >= 4 is 49.6 Å². The summed E-state index contributed by atoms with van der Waals surface area (Å²) in [5.41, 5.74) is 14.9. The quantitative estimate of drug-likeness (QED) is 0.165. The molecule has 1 aromatic heterocycles. The third-order valence-electron chi connectivity index (χ3n) is 12.7. The number of allylic oxidation sites excluding steroid dienone is 4. The number of hydrogen-bond donors (Lipinski definition) is 0. The third kappa shape index (κ3) is 5.39. The Morgan fingerprint density at radius 2 is 1.02 bits per heavy atom. The molecule has 2 aliphatic rings. The van der Waals surface area contributed by atoms with E-state index < -0.39 is 0 Å². The van der Waals surface area contributed by atoms with E-state index in [9.17, 15) is 0 Å². The molecule has 0 amide bonds. The van der Waals surface area contributed by atoms with E-state index in [0.717, 1.165) is 17.1 Å². The van der Waals surface area contributed by atoms with Crippen molar-refractivity contribution in [1.82, 2.24) is 4.57 Å². The average Bonchev–Trinajstić information content (AvgIpc) is 3.73. The monoisotopic (exact) mass is 730 g/mol. The van der Waals surface area contributed by atoms with Gasteiger partial charge in [-0.3, -0.25) is 0 Å². The molecule has 0 saturated heterocycles. The summed E-state index contributed by atoms with van der Waals surface area (Å²) in [5.74, 6) is 0.742. The molecule has 57 heavy (non-hydrogen) atoms. The van der Waals surface area contributed by atoms with Crippen molar-refractivity contribution in [1.29, 1.82) is 0 Å². The van der Waals surface area contributed by atoms with Crippen molar-refractivity contribution in [3.63, 3.8) is 0 Å². The number of fused-ring (bicyclic) bond motifs is 7. The zero-order valence-corrected chi connectivity index (χ0v) is 32.2. The molecule has 1 heterocycles. The summed E-state index contributed by atoms with van der Waals surface area (Å²) in [6.07, 6.45) is 9.28. The maximum absolute atomic E-state index is 2.47. The van der Waals surface area contributed by atoms with Gasteiger partial charge in [-0.15, -0.1) is 0 Å². The second-order valence-electron chi connectivity index (χ2n) is 16.2. The maximum Gasteiger partial charge on any atom is 0.0541 e. The number of benzene rings is 8. The molecule has 272 valence electrons. The number of rotatable bonds is 6. The molecule has 2 unspecified atom stereocenters. The summed E-state index contributed by atoms with van der Waals surface area (Å²) in [7, 11) is 0. The normalized spacial score (nSPS) is 16.6. The Labute approximate surface area is 334 Å². The van der Waals surface area contributed by atoms with Gasteiger partial charge in [-0.25, -0.2) is 0 Å². The first-order valence-electron chi connectivity index (χ1n) is 20.1. The summed E-state index contributed by atoms with van der Waals surface area (Å²) >= 11 is 0. The molecule has 2 aliphatic carbocycles. The van der Waals surface area contributed by atoms with E-state index in [-0.39, 0.29) is 5.41 Å². The average molecular weight is 731 g/mol. The molecule has 8 aromatic carbocycles. The van der Waals surface area contributed by atoms with E-state index in [0.29, 0.717) is 11.8 Å². The van der Waals surface area contributed by atoms with Crippen molar-refractivity contribution in [2.24, 2.45) is 5.92 Å². The number of hydrogen-bond acceptors (Lipinski definition) is 1. The number of anilines is 3. The highest BCUT2D eigenvalue weighted by Gasteiger charge is 2.46. The topological polar surface area (TPSA) is 8.17 Å². The van der Waals surface area contributed by atoms with E-state index in [2.05, 4.69) is 230 Å². The van der Waals surface area contributed by atoms with E-state index in [4.69, 9.17) is 0 Å². The number of para-hydroxylation sites is 2. The van der Waals surface area contributed by atoms with Crippen LogP contribution < -0.4 is 4.90 Å². The molecular formula is C55H42N2. The summed E-state index contributed by atoms with van der Waals surface area (Å²) < 4.78 is 2.38. The first kappa shape index (κ1) is 33.4. The molecule has 2 nitrogen and oxygen atoms in total. The molecular weight excluding hydrogens is 689 g/mol. The highest BCUT2D eigenvalue weighted by atomic mass is 15.1. The van der Waals surface area contributed by atoms with Crippen LogP contribution in [0.3, 0.4) is 0 Å². The molecule has 2 atom stereocenters. The smallest absolute Gasteiger partial charge is 0.0541 e. The van der Waals surface area contributed by atoms with Crippen molar-refractivity contribution in [3.05, 3.63) is 217 Å². The van der Waals surface area contributed by atoms with Crippen molar-refractivity contribution in [3.8, 4) is 27.9 Å². The molecule has 9 aromatic rings. The summed E-state index contributed by atoms with van der Waals surface area (Å²) in [5, 5.41) is 5.07. The summed E-state index contributed by atoms with van der Waals surface area (Å²) in [6.45, 7) is 4.82. The minimum Gasteiger partial charge on any atom is -0.310 e. The van der Waals surface area contributed by atoms with Gasteiger partial charge in [0.15, 0.2) is 0 Å². The van der Waals surface area contributed by atoms with E-state index in [1.54, 1.807) is 0 Å². The Morgan fingerprint density at radius 1 is 0.474 bits per heavy atom. The van der Waals surface area contributed by atoms with Gasteiger partial charge in [0.1, 0.15) is 0 Å². The van der Waals surface area contributed by atoms with Crippen LogP contribution in [-0.2, 0) is 5.41 Å². The Morgan fingerprint density at radius 3 is 1.68 bits per heavy atom. The Hall–Kier alpha value is -6.90. The lowest BCUT2D eigenvalue weighted by molar-refractivity contribution is 0.394. The molecule has 0 saturated carbocycles. The van der Waals surface area contributed by atoms with Gasteiger partial charge in [-0.05, 0) is 116 Å². The van der Waals surface area contributed by atoms with E-state index in [1.165, 1.54) is 71.6 Å². The fourth-order valence-electron chi connectivity index (χ4n) is 9.82. The highest BCUT2D eigenvalue weighted by molar-refractivity contribution is 6.09. The summed E-state index contributed by atoms with van der Waals surface area (Å²) in [6, 6.07) is 66.9. The van der Waals surface area contributed by atoms with Crippen LogP contribution in [0.15, 0.2) is 206 Å². The third-order valence-corrected chi connectivity index (χ3v) is 12.7. The zero-order chi connectivity index (χ0) is 38.1. The zero-order valence-electron chi connectivity index (χ0n) is 32.2. The molecule has 0 aliphatic heterocycles. The predicted octanol–water partition coefficient (Wildman–Crippen LogP) is 14.9. The highest BCUT2D eigenvalue weighted by Crippen LogP contribution is 2.57. The van der Waals surface area contributed by atoms with Crippen LogP contribution in [0, 0.1) is 5.92 Å². The van der Waals surface area contributed by atoms with Crippen molar-refractivity contribution < 1.29 is 0 Å². The van der Waals surface area contributed by atoms with Gasteiger partial charge in [0.2, 0.25) is 0 Å². The SMILES string of the molecule is CC1(C)c2cccc(N(c3ccc(-c4ccc(-n5c6ccccc6c6ccccc65)cc4)cc3)c3ccc(-c4ccc5ccccc5c4)cc3)c2C2C=CC=CC21. The first-order chi connectivity index (χ1) is 28.0. The van der Waals surface area contributed by atoms with Crippen LogP contribution in [-0.4, -0.2) is 4.57 Å². The molecule has 0 N–H and O–H groups in total. The molecule has 0 fully saturated rings. The Kier molecular flexibility index (Phi) is 7.69. The van der Waals surface area contributed by atoms with Gasteiger partial charge in [0.05, 0.1) is 16.7 Å². The number of nitrogens with zero attached hydrogens (tertiary/aromatic N) is 2. The Balaban J connectivity index is 0.986. The molecule has 0 radical (unpaired) electrons. The minimum absolute atomic E-state index is 0.0259. The lowest BCUT2D eigenvalue weighted by Crippen LogP contribution is -2.24. The fraction of sp³-hybridized carbons (Fsp3) is 0.0909. The van der Waals surface area contributed by atoms with Gasteiger partial charge in [0, 0.05) is 33.8 Å². The van der Waals surface area contributed by atoms with Gasteiger partial charge in [-0.1, -0.05) is 159 Å². The largest absolute Gasteiger partial charge is 0.310 e. The molecule has 0 spiro atoms. The second-order valence-corrected chi connectivity index (χ2v) is 16.2. The standard InChI is InChI=1S/C55H42N2/c1-55(2)49-17-8-5-16-48(49)54-50(55)18-11-21-53(54)56(44-32-28-40(29-33-44)42-23-22-37-12-3-4-13-41(37)36-42)43-30-24-38(25-31-43)39-26-34-45(35-27-39)57-51-19-9-6-14-46(51)47-15-7-10-20-52(47)57/h3-36,48-49H,1-2H3. The van der Waals surface area contributed by atoms with Crippen molar-refractivity contribution in [2.75, 3.05) is 4.90 Å². The van der Waals surface area contributed by atoms with Crippen LogP contribution in [0.5, 0.6) is 0 Å².